The number of fused-ring (bicyclic) bond motifs is 1. The number of methoxy groups -OCH3 is 2. The Bertz CT molecular complexity index is 1020. The normalized spacial score (nSPS) is 19.3. The van der Waals surface area contributed by atoms with Crippen LogP contribution >= 0.6 is 12.2 Å². The molecule has 1 fully saturated rings. The summed E-state index contributed by atoms with van der Waals surface area (Å²) in [6, 6.07) is 6.60. The van der Waals surface area contributed by atoms with Crippen molar-refractivity contribution in [2.75, 3.05) is 38.5 Å². The molecule has 35 heavy (non-hydrogen) atoms. The van der Waals surface area contributed by atoms with E-state index in [4.69, 9.17) is 31.7 Å². The number of para-hydroxylation sites is 1. The minimum Gasteiger partial charge on any atom is -0.493 e. The molecule has 0 unspecified atom stereocenters. The Morgan fingerprint density at radius 2 is 1.77 bits per heavy atom. The maximum atomic E-state index is 5.57. The van der Waals surface area contributed by atoms with E-state index in [-0.39, 0.29) is 0 Å². The van der Waals surface area contributed by atoms with Gasteiger partial charge in [0.25, 0.3) is 0 Å². The molecule has 8 nitrogen and oxygen atoms in total. The predicted octanol–water partition coefficient (Wildman–Crippen LogP) is 3.83. The third-order valence-electron chi connectivity index (χ3n) is 6.90. The van der Waals surface area contributed by atoms with Crippen molar-refractivity contribution < 1.29 is 9.47 Å². The number of aromatic nitrogens is 2. The molecule has 1 heterocycles. The van der Waals surface area contributed by atoms with Gasteiger partial charge in [0.1, 0.15) is 5.82 Å². The maximum absolute atomic E-state index is 5.57. The van der Waals surface area contributed by atoms with E-state index in [0.717, 1.165) is 67.4 Å². The lowest BCUT2D eigenvalue weighted by molar-refractivity contribution is 0.351. The van der Waals surface area contributed by atoms with Crippen LogP contribution in [0, 0.1) is 0 Å². The molecular formula is C26H38N6O2S. The van der Waals surface area contributed by atoms with Crippen LogP contribution in [0.4, 0.5) is 11.8 Å². The Morgan fingerprint density at radius 1 is 1.03 bits per heavy atom. The largest absolute Gasteiger partial charge is 0.493 e. The van der Waals surface area contributed by atoms with Crippen LogP contribution in [0.25, 0.3) is 0 Å². The van der Waals surface area contributed by atoms with Crippen LogP contribution in [0.2, 0.25) is 0 Å². The van der Waals surface area contributed by atoms with Gasteiger partial charge >= 0.3 is 0 Å². The molecule has 1 saturated carbocycles. The molecule has 1 aromatic carbocycles. The number of benzene rings is 1. The highest BCUT2D eigenvalue weighted by molar-refractivity contribution is 7.80. The van der Waals surface area contributed by atoms with Crippen molar-refractivity contribution in [2.45, 2.75) is 70.0 Å². The molecular weight excluding hydrogens is 460 g/mol. The van der Waals surface area contributed by atoms with E-state index >= 15 is 0 Å². The lowest BCUT2D eigenvalue weighted by atomic mass is 9.91. The second-order valence-corrected chi connectivity index (χ2v) is 9.98. The fourth-order valence-corrected chi connectivity index (χ4v) is 5.32. The van der Waals surface area contributed by atoms with E-state index in [9.17, 15) is 0 Å². The van der Waals surface area contributed by atoms with E-state index in [1.54, 1.807) is 14.2 Å². The summed E-state index contributed by atoms with van der Waals surface area (Å²) >= 11 is 5.57. The number of aryl methyl sites for hydroxylation is 1. The van der Waals surface area contributed by atoms with E-state index in [2.05, 4.69) is 34.9 Å². The van der Waals surface area contributed by atoms with Crippen molar-refractivity contribution >= 4 is 29.1 Å². The second kappa shape index (κ2) is 11.7. The molecule has 190 valence electrons. The third kappa shape index (κ3) is 6.25. The maximum Gasteiger partial charge on any atom is 0.225 e. The molecule has 0 amide bonds. The summed E-state index contributed by atoms with van der Waals surface area (Å²) < 4.78 is 10.9. The number of anilines is 2. The fraction of sp³-hybridized carbons (Fsp3) is 0.577. The summed E-state index contributed by atoms with van der Waals surface area (Å²) in [6.07, 6.45) is 8.79. The van der Waals surface area contributed by atoms with E-state index in [1.165, 1.54) is 24.1 Å². The van der Waals surface area contributed by atoms with Crippen molar-refractivity contribution in [2.24, 2.45) is 0 Å². The highest BCUT2D eigenvalue weighted by Gasteiger charge is 2.24. The Hall–Kier alpha value is -2.81. The quantitative estimate of drug-likeness (QED) is 0.470. The van der Waals surface area contributed by atoms with Gasteiger partial charge in [0, 0.05) is 43.9 Å². The van der Waals surface area contributed by atoms with Crippen molar-refractivity contribution in [3.8, 4) is 11.5 Å². The van der Waals surface area contributed by atoms with Gasteiger partial charge in [-0.2, -0.15) is 4.98 Å². The van der Waals surface area contributed by atoms with Crippen LogP contribution in [0.1, 0.15) is 55.3 Å². The zero-order valence-electron chi connectivity index (χ0n) is 21.3. The predicted molar refractivity (Wildman–Crippen MR) is 145 cm³/mol. The fourth-order valence-electron chi connectivity index (χ4n) is 5.08. The second-order valence-electron chi connectivity index (χ2n) is 9.57. The molecule has 9 heteroatoms. The van der Waals surface area contributed by atoms with E-state index in [1.807, 2.05) is 18.2 Å². The summed E-state index contributed by atoms with van der Waals surface area (Å²) in [5.41, 5.74) is 3.55. The topological polar surface area (TPSA) is 83.6 Å². The summed E-state index contributed by atoms with van der Waals surface area (Å²) in [5, 5.41) is 11.1. The smallest absolute Gasteiger partial charge is 0.225 e. The van der Waals surface area contributed by atoms with Crippen LogP contribution in [0.3, 0.4) is 0 Å². The van der Waals surface area contributed by atoms with Crippen LogP contribution in [-0.4, -0.2) is 55.5 Å². The van der Waals surface area contributed by atoms with Crippen LogP contribution < -0.4 is 30.3 Å². The Balaban J connectivity index is 1.27. The van der Waals surface area contributed by atoms with Crippen molar-refractivity contribution in [3.63, 3.8) is 0 Å². The summed E-state index contributed by atoms with van der Waals surface area (Å²) in [7, 11) is 7.44. The van der Waals surface area contributed by atoms with Crippen molar-refractivity contribution in [1.29, 1.82) is 0 Å². The minimum atomic E-state index is 0.363. The molecule has 0 saturated heterocycles. The molecule has 0 spiro atoms. The molecule has 1 aromatic heterocycles. The zero-order valence-corrected chi connectivity index (χ0v) is 22.1. The first-order valence-corrected chi connectivity index (χ1v) is 13.0. The average Bonchev–Trinajstić information content (AvgIpc) is 2.87. The standard InChI is InChI=1S/C26H38N6O2S/c1-32(2)24-20-9-5-6-10-21(20)30-25(31-24)28-18-12-14-19(15-13-18)29-26(35)27-16-17-8-7-11-22(33-3)23(17)34-4/h7-8,11,18-19H,5-6,9-10,12-16H2,1-4H3,(H2,27,29,35)(H,28,30,31). The Morgan fingerprint density at radius 3 is 2.49 bits per heavy atom. The van der Waals surface area contributed by atoms with Gasteiger partial charge in [-0.05, 0) is 69.7 Å². The summed E-state index contributed by atoms with van der Waals surface area (Å²) in [6.45, 7) is 0.576. The van der Waals surface area contributed by atoms with Crippen molar-refractivity contribution in [1.82, 2.24) is 20.6 Å². The lowest BCUT2D eigenvalue weighted by Crippen LogP contribution is -2.44. The number of rotatable bonds is 8. The highest BCUT2D eigenvalue weighted by atomic mass is 32.1. The van der Waals surface area contributed by atoms with Gasteiger partial charge < -0.3 is 30.3 Å². The van der Waals surface area contributed by atoms with E-state index < -0.39 is 0 Å². The van der Waals surface area contributed by atoms with Gasteiger partial charge in [-0.15, -0.1) is 0 Å². The Labute approximate surface area is 214 Å². The van der Waals surface area contributed by atoms with Gasteiger partial charge in [0.2, 0.25) is 5.95 Å². The van der Waals surface area contributed by atoms with Crippen LogP contribution in [-0.2, 0) is 19.4 Å². The zero-order chi connectivity index (χ0) is 24.8. The van der Waals surface area contributed by atoms with E-state index in [0.29, 0.717) is 23.7 Å². The molecule has 4 rings (SSSR count). The first-order valence-electron chi connectivity index (χ1n) is 12.6. The molecule has 0 atom stereocenters. The number of hydrogen-bond donors (Lipinski definition) is 3. The first kappa shape index (κ1) is 25.3. The number of nitrogens with zero attached hydrogens (tertiary/aromatic N) is 3. The molecule has 3 N–H and O–H groups in total. The van der Waals surface area contributed by atoms with Gasteiger partial charge in [0.05, 0.1) is 19.9 Å². The summed E-state index contributed by atoms with van der Waals surface area (Å²) in [4.78, 5) is 11.9. The van der Waals surface area contributed by atoms with Crippen LogP contribution in [0.5, 0.6) is 11.5 Å². The van der Waals surface area contributed by atoms with Gasteiger partial charge in [-0.1, -0.05) is 12.1 Å². The van der Waals surface area contributed by atoms with Gasteiger partial charge in [0.15, 0.2) is 16.6 Å². The molecule has 0 bridgehead atoms. The Kier molecular flexibility index (Phi) is 8.49. The molecule has 2 aliphatic carbocycles. The van der Waals surface area contributed by atoms with Crippen molar-refractivity contribution in [3.05, 3.63) is 35.0 Å². The highest BCUT2D eigenvalue weighted by Crippen LogP contribution is 2.31. The average molecular weight is 499 g/mol. The minimum absolute atomic E-state index is 0.363. The molecule has 2 aromatic rings. The number of thiocarbonyl (C=S) groups is 1. The lowest BCUT2D eigenvalue weighted by Gasteiger charge is -2.31. The third-order valence-corrected chi connectivity index (χ3v) is 7.17. The molecule has 2 aliphatic rings. The van der Waals surface area contributed by atoms with Crippen LogP contribution in [0.15, 0.2) is 18.2 Å². The van der Waals surface area contributed by atoms with Gasteiger partial charge in [-0.25, -0.2) is 4.98 Å². The first-order chi connectivity index (χ1) is 17.0. The van der Waals surface area contributed by atoms with Gasteiger partial charge in [-0.3, -0.25) is 0 Å². The monoisotopic (exact) mass is 498 g/mol. The molecule has 0 aliphatic heterocycles. The number of hydrogen-bond acceptors (Lipinski definition) is 7. The SMILES string of the molecule is COc1cccc(CNC(=S)NC2CCC(Nc3nc4c(c(N(C)C)n3)CCCC4)CC2)c1OC. The summed E-state index contributed by atoms with van der Waals surface area (Å²) in [5.74, 6) is 3.29. The molecule has 0 radical (unpaired) electrons. The number of nitrogens with one attached hydrogen (secondary N) is 3. The number of ether oxygens (including phenoxy) is 2.